The summed E-state index contributed by atoms with van der Waals surface area (Å²) in [6, 6.07) is 4.50. The van der Waals surface area contributed by atoms with Gasteiger partial charge >= 0.3 is 0 Å². The van der Waals surface area contributed by atoms with Gasteiger partial charge in [-0.25, -0.2) is 17.5 Å². The highest BCUT2D eigenvalue weighted by Crippen LogP contribution is 2.14. The van der Waals surface area contributed by atoms with Crippen molar-refractivity contribution in [3.8, 4) is 0 Å². The third kappa shape index (κ3) is 5.10. The van der Waals surface area contributed by atoms with E-state index in [2.05, 4.69) is 20.2 Å². The van der Waals surface area contributed by atoms with Gasteiger partial charge in [-0.15, -0.1) is 10.2 Å². The van der Waals surface area contributed by atoms with E-state index in [1.807, 2.05) is 4.57 Å². The number of rotatable bonds is 7. The Bertz CT molecular complexity index is 896. The van der Waals surface area contributed by atoms with E-state index in [0.29, 0.717) is 5.82 Å². The number of nitrogens with zero attached hydrogens (tertiary/aromatic N) is 3. The van der Waals surface area contributed by atoms with Crippen LogP contribution in [-0.2, 0) is 34.3 Å². The van der Waals surface area contributed by atoms with Crippen molar-refractivity contribution in [2.75, 3.05) is 6.54 Å². The number of hydrogen-bond acceptors (Lipinski definition) is 5. The van der Waals surface area contributed by atoms with Crippen LogP contribution in [0.25, 0.3) is 0 Å². The number of sulfonamides is 1. The highest BCUT2D eigenvalue weighted by molar-refractivity contribution is 7.89. The first-order chi connectivity index (χ1) is 13.0. The summed E-state index contributed by atoms with van der Waals surface area (Å²) in [6.45, 7) is 1.06. The molecule has 2 aromatic rings. The van der Waals surface area contributed by atoms with Crippen molar-refractivity contribution < 1.29 is 17.6 Å². The topological polar surface area (TPSA) is 106 Å². The molecule has 27 heavy (non-hydrogen) atoms. The van der Waals surface area contributed by atoms with Gasteiger partial charge in [0.25, 0.3) is 0 Å². The molecule has 1 aliphatic heterocycles. The van der Waals surface area contributed by atoms with Crippen LogP contribution in [-0.4, -0.2) is 35.6 Å². The van der Waals surface area contributed by atoms with Crippen LogP contribution in [0, 0.1) is 5.82 Å². The molecular weight excluding hydrogens is 373 g/mol. The monoisotopic (exact) mass is 395 g/mol. The predicted octanol–water partition coefficient (Wildman–Crippen LogP) is 1.13. The molecule has 146 valence electrons. The van der Waals surface area contributed by atoms with Crippen molar-refractivity contribution in [2.45, 2.75) is 50.1 Å². The molecule has 0 atom stereocenters. The molecule has 0 saturated heterocycles. The van der Waals surface area contributed by atoms with Gasteiger partial charge in [0.15, 0.2) is 5.82 Å². The molecule has 1 aromatic heterocycles. The summed E-state index contributed by atoms with van der Waals surface area (Å²) >= 11 is 0. The van der Waals surface area contributed by atoms with Crippen LogP contribution >= 0.6 is 0 Å². The van der Waals surface area contributed by atoms with Crippen molar-refractivity contribution in [3.63, 3.8) is 0 Å². The quantitative estimate of drug-likeness (QED) is 0.731. The maximum absolute atomic E-state index is 12.9. The Morgan fingerprint density at radius 2 is 1.93 bits per heavy atom. The summed E-state index contributed by atoms with van der Waals surface area (Å²) in [4.78, 5) is 11.9. The molecule has 2 heterocycles. The molecule has 0 unspecified atom stereocenters. The number of amides is 1. The lowest BCUT2D eigenvalue weighted by Gasteiger charge is -2.09. The Morgan fingerprint density at radius 3 is 2.70 bits per heavy atom. The summed E-state index contributed by atoms with van der Waals surface area (Å²) in [5, 5.41) is 11.0. The van der Waals surface area contributed by atoms with E-state index < -0.39 is 15.8 Å². The van der Waals surface area contributed by atoms with Gasteiger partial charge in [0, 0.05) is 25.9 Å². The van der Waals surface area contributed by atoms with Crippen molar-refractivity contribution in [1.82, 2.24) is 24.8 Å². The second-order valence-corrected chi connectivity index (χ2v) is 8.14. The van der Waals surface area contributed by atoms with Crippen molar-refractivity contribution in [1.29, 1.82) is 0 Å². The first kappa shape index (κ1) is 19.4. The second kappa shape index (κ2) is 8.57. The lowest BCUT2D eigenvalue weighted by molar-refractivity contribution is -0.121. The number of aromatic nitrogens is 3. The average molecular weight is 395 g/mol. The van der Waals surface area contributed by atoms with Crippen molar-refractivity contribution in [2.24, 2.45) is 0 Å². The van der Waals surface area contributed by atoms with Gasteiger partial charge in [-0.05, 0) is 37.1 Å². The Labute approximate surface area is 157 Å². The van der Waals surface area contributed by atoms with E-state index in [9.17, 15) is 17.6 Å². The van der Waals surface area contributed by atoms with Crippen LogP contribution in [0.4, 0.5) is 4.39 Å². The van der Waals surface area contributed by atoms with Gasteiger partial charge in [0.05, 0.1) is 11.4 Å². The lowest BCUT2D eigenvalue weighted by Crippen LogP contribution is -2.31. The maximum Gasteiger partial charge on any atom is 0.240 e. The SMILES string of the molecule is O=C(CCNS(=O)(=O)c1ccc(F)cc1)NCc1nnc2n1CCCCC2. The average Bonchev–Trinajstić information content (AvgIpc) is 2.86. The number of halogens is 1. The molecule has 1 aliphatic rings. The van der Waals surface area contributed by atoms with Crippen LogP contribution in [0.1, 0.15) is 37.3 Å². The van der Waals surface area contributed by atoms with Crippen molar-refractivity contribution in [3.05, 3.63) is 41.7 Å². The highest BCUT2D eigenvalue weighted by Gasteiger charge is 2.16. The highest BCUT2D eigenvalue weighted by atomic mass is 32.2. The smallest absolute Gasteiger partial charge is 0.240 e. The predicted molar refractivity (Wildman–Crippen MR) is 95.6 cm³/mol. The number of carbonyl (C=O) groups excluding carboxylic acids is 1. The fourth-order valence-corrected chi connectivity index (χ4v) is 3.97. The minimum atomic E-state index is -3.77. The standard InChI is InChI=1S/C17H22FN5O3S/c18-13-5-7-14(8-6-13)27(25,26)20-10-9-17(24)19-12-16-22-21-15-4-2-1-3-11-23(15)16/h5-8,20H,1-4,9-12H2,(H,19,24). The lowest BCUT2D eigenvalue weighted by atomic mass is 10.2. The minimum absolute atomic E-state index is 0.0125. The van der Waals surface area contributed by atoms with Crippen LogP contribution in [0.2, 0.25) is 0 Å². The molecular formula is C17H22FN5O3S. The number of aryl methyl sites for hydroxylation is 1. The Balaban J connectivity index is 1.46. The van der Waals surface area contributed by atoms with Gasteiger partial charge in [-0.2, -0.15) is 0 Å². The molecule has 2 N–H and O–H groups in total. The van der Waals surface area contributed by atoms with E-state index in [1.54, 1.807) is 0 Å². The van der Waals surface area contributed by atoms with Crippen molar-refractivity contribution >= 4 is 15.9 Å². The van der Waals surface area contributed by atoms with Crippen LogP contribution in [0.3, 0.4) is 0 Å². The first-order valence-electron chi connectivity index (χ1n) is 8.88. The fourth-order valence-electron chi connectivity index (χ4n) is 2.94. The number of carbonyl (C=O) groups is 1. The second-order valence-electron chi connectivity index (χ2n) is 6.37. The maximum atomic E-state index is 12.9. The summed E-state index contributed by atoms with van der Waals surface area (Å²) < 4.78 is 41.4. The Hall–Kier alpha value is -2.33. The normalized spacial score (nSPS) is 14.4. The van der Waals surface area contributed by atoms with Crippen LogP contribution in [0.15, 0.2) is 29.2 Å². The van der Waals surface area contributed by atoms with Gasteiger partial charge in [-0.1, -0.05) is 6.42 Å². The first-order valence-corrected chi connectivity index (χ1v) is 10.4. The van der Waals surface area contributed by atoms with Gasteiger partial charge in [0.1, 0.15) is 11.6 Å². The van der Waals surface area contributed by atoms with E-state index in [1.165, 1.54) is 12.1 Å². The van der Waals surface area contributed by atoms with E-state index in [0.717, 1.165) is 50.2 Å². The zero-order valence-corrected chi connectivity index (χ0v) is 15.6. The molecule has 10 heteroatoms. The molecule has 1 amide bonds. The largest absolute Gasteiger partial charge is 0.349 e. The minimum Gasteiger partial charge on any atom is -0.349 e. The molecule has 3 rings (SSSR count). The van der Waals surface area contributed by atoms with E-state index >= 15 is 0 Å². The summed E-state index contributed by atoms with van der Waals surface area (Å²) in [6.07, 6.45) is 4.20. The van der Waals surface area contributed by atoms with Gasteiger partial charge in [-0.3, -0.25) is 4.79 Å². The number of benzene rings is 1. The molecule has 0 fully saturated rings. The zero-order valence-electron chi connectivity index (χ0n) is 14.8. The third-order valence-corrected chi connectivity index (χ3v) is 5.87. The number of nitrogens with one attached hydrogen (secondary N) is 2. The van der Waals surface area contributed by atoms with Crippen LogP contribution < -0.4 is 10.0 Å². The fraction of sp³-hybridized carbons (Fsp3) is 0.471. The molecule has 8 nitrogen and oxygen atoms in total. The van der Waals surface area contributed by atoms with E-state index in [-0.39, 0.29) is 30.3 Å². The Morgan fingerprint density at radius 1 is 1.15 bits per heavy atom. The molecule has 0 bridgehead atoms. The summed E-state index contributed by atoms with van der Waals surface area (Å²) in [5.41, 5.74) is 0. The molecule has 0 aliphatic carbocycles. The number of hydrogen-bond donors (Lipinski definition) is 2. The van der Waals surface area contributed by atoms with E-state index in [4.69, 9.17) is 0 Å². The molecule has 0 radical (unpaired) electrons. The molecule has 0 spiro atoms. The third-order valence-electron chi connectivity index (χ3n) is 4.40. The number of fused-ring (bicyclic) bond motifs is 1. The van der Waals surface area contributed by atoms with Gasteiger partial charge < -0.3 is 9.88 Å². The summed E-state index contributed by atoms with van der Waals surface area (Å²) in [5.74, 6) is 0.860. The summed E-state index contributed by atoms with van der Waals surface area (Å²) in [7, 11) is -3.77. The zero-order chi connectivity index (χ0) is 19.3. The van der Waals surface area contributed by atoms with Gasteiger partial charge in [0.2, 0.25) is 15.9 Å². The Kier molecular flexibility index (Phi) is 6.17. The van der Waals surface area contributed by atoms with Crippen LogP contribution in [0.5, 0.6) is 0 Å². The molecule has 1 aromatic carbocycles. The molecule has 0 saturated carbocycles.